The van der Waals surface area contributed by atoms with Crippen LogP contribution in [0.1, 0.15) is 63.1 Å². The fraction of sp³-hybridized carbons (Fsp3) is 0.412. The zero-order valence-corrected chi connectivity index (χ0v) is 25.0. The minimum Gasteiger partial charge on any atom is -0.481 e. The molecule has 1 aromatic carbocycles. The van der Waals surface area contributed by atoms with Crippen LogP contribution in [0.3, 0.4) is 0 Å². The van der Waals surface area contributed by atoms with E-state index in [0.717, 1.165) is 41.6 Å². The summed E-state index contributed by atoms with van der Waals surface area (Å²) in [4.78, 5) is 44.8. The van der Waals surface area contributed by atoms with Crippen LogP contribution in [-0.2, 0) is 27.2 Å². The first-order chi connectivity index (χ1) is 20.6. The topological polar surface area (TPSA) is 125 Å². The minimum absolute atomic E-state index is 0.0427. The highest BCUT2D eigenvalue weighted by Crippen LogP contribution is 2.55. The van der Waals surface area contributed by atoms with Gasteiger partial charge in [-0.05, 0) is 68.0 Å². The largest absolute Gasteiger partial charge is 0.481 e. The van der Waals surface area contributed by atoms with Gasteiger partial charge < -0.3 is 24.5 Å². The second-order valence-electron chi connectivity index (χ2n) is 12.2. The molecule has 1 fully saturated rings. The molecule has 9 heteroatoms. The summed E-state index contributed by atoms with van der Waals surface area (Å²) < 4.78 is 18.7. The maximum absolute atomic E-state index is 13.3. The molecule has 0 bridgehead atoms. The van der Waals surface area contributed by atoms with E-state index in [4.69, 9.17) is 19.6 Å². The molecule has 0 radical (unpaired) electrons. The predicted molar refractivity (Wildman–Crippen MR) is 163 cm³/mol. The Kier molecular flexibility index (Phi) is 7.15. The lowest BCUT2D eigenvalue weighted by Gasteiger charge is -2.50. The Labute approximate surface area is 250 Å². The van der Waals surface area contributed by atoms with Crippen molar-refractivity contribution in [3.63, 3.8) is 0 Å². The fourth-order valence-corrected chi connectivity index (χ4v) is 6.59. The maximum atomic E-state index is 13.3. The summed E-state index contributed by atoms with van der Waals surface area (Å²) in [7, 11) is 0. The first-order valence-corrected chi connectivity index (χ1v) is 14.9. The van der Waals surface area contributed by atoms with Crippen LogP contribution in [0, 0.1) is 5.92 Å². The number of carbonyl (C=O) groups is 2. The lowest BCUT2D eigenvalue weighted by Crippen LogP contribution is -2.62. The Morgan fingerprint density at radius 3 is 2.77 bits per heavy atom. The third-order valence-corrected chi connectivity index (χ3v) is 9.46. The molecule has 3 aromatic rings. The second kappa shape index (κ2) is 10.7. The molecular weight excluding hydrogens is 546 g/mol. The van der Waals surface area contributed by atoms with Crippen molar-refractivity contribution in [3.8, 4) is 5.75 Å². The highest BCUT2D eigenvalue weighted by molar-refractivity contribution is 5.88. The zero-order valence-electron chi connectivity index (χ0n) is 25.0. The Bertz CT molecular complexity index is 1740. The van der Waals surface area contributed by atoms with Crippen molar-refractivity contribution in [1.29, 1.82) is 0 Å². The smallest absolute Gasteiger partial charge is 0.336 e. The number of carbonyl (C=O) groups excluding carboxylic acids is 2. The first kappa shape index (κ1) is 28.7. The Balaban J connectivity index is 1.46. The average molecular weight is 584 g/mol. The first-order valence-electron chi connectivity index (χ1n) is 14.9. The minimum atomic E-state index is -1.11. The van der Waals surface area contributed by atoms with Crippen molar-refractivity contribution < 1.29 is 23.5 Å². The van der Waals surface area contributed by atoms with E-state index in [1.807, 2.05) is 24.0 Å². The highest BCUT2D eigenvalue weighted by Gasteiger charge is 2.62. The van der Waals surface area contributed by atoms with E-state index in [2.05, 4.69) is 18.0 Å². The Morgan fingerprint density at radius 1 is 1.23 bits per heavy atom. The summed E-state index contributed by atoms with van der Waals surface area (Å²) in [5.41, 5.74) is 6.96. The monoisotopic (exact) mass is 583 g/mol. The van der Waals surface area contributed by atoms with Gasteiger partial charge in [0.25, 0.3) is 0 Å². The Morgan fingerprint density at radius 2 is 2.02 bits per heavy atom. The molecule has 2 aliphatic heterocycles. The van der Waals surface area contributed by atoms with Gasteiger partial charge in [0.2, 0.25) is 5.91 Å². The normalized spacial score (nSPS) is 25.0. The molecule has 9 nitrogen and oxygen atoms in total. The van der Waals surface area contributed by atoms with Crippen LogP contribution in [-0.4, -0.2) is 46.1 Å². The van der Waals surface area contributed by atoms with Crippen LogP contribution in [0.2, 0.25) is 0 Å². The number of aromatic nitrogens is 1. The van der Waals surface area contributed by atoms with Gasteiger partial charge in [-0.25, -0.2) is 14.6 Å². The van der Waals surface area contributed by atoms with Crippen LogP contribution in [0.25, 0.3) is 11.0 Å². The van der Waals surface area contributed by atoms with Crippen molar-refractivity contribution in [2.45, 2.75) is 70.5 Å². The summed E-state index contributed by atoms with van der Waals surface area (Å²) >= 11 is 0. The summed E-state index contributed by atoms with van der Waals surface area (Å²) in [6.07, 6.45) is 9.50. The van der Waals surface area contributed by atoms with Crippen molar-refractivity contribution >= 4 is 28.7 Å². The molecule has 3 atom stereocenters. The van der Waals surface area contributed by atoms with Crippen LogP contribution in [0.15, 0.2) is 69.5 Å². The number of hydrogen-bond acceptors (Lipinski definition) is 8. The zero-order chi connectivity index (χ0) is 30.5. The summed E-state index contributed by atoms with van der Waals surface area (Å²) in [5.74, 6) is 0.585. The van der Waals surface area contributed by atoms with Gasteiger partial charge in [-0.1, -0.05) is 25.2 Å². The van der Waals surface area contributed by atoms with Gasteiger partial charge in [0.1, 0.15) is 17.2 Å². The van der Waals surface area contributed by atoms with Gasteiger partial charge >= 0.3 is 11.6 Å². The summed E-state index contributed by atoms with van der Waals surface area (Å²) in [5, 5.41) is 0.768. The number of anilines is 1. The number of ether oxygens (including phenoxy) is 2. The van der Waals surface area contributed by atoms with E-state index in [-0.39, 0.29) is 12.3 Å². The predicted octanol–water partition coefficient (Wildman–Crippen LogP) is 4.87. The molecule has 1 saturated heterocycles. The van der Waals surface area contributed by atoms with E-state index < -0.39 is 28.7 Å². The number of likely N-dealkylation sites (tertiary alicyclic amines) is 1. The maximum Gasteiger partial charge on any atom is 0.336 e. The van der Waals surface area contributed by atoms with Crippen molar-refractivity contribution in [2.75, 3.05) is 18.8 Å². The van der Waals surface area contributed by atoms with Crippen molar-refractivity contribution in [3.05, 3.63) is 87.4 Å². The fourth-order valence-electron chi connectivity index (χ4n) is 6.59. The number of nitrogens with two attached hydrogens (primary N) is 1. The highest BCUT2D eigenvalue weighted by atomic mass is 16.6. The number of rotatable bonds is 6. The number of amides is 1. The lowest BCUT2D eigenvalue weighted by atomic mass is 9.64. The molecule has 1 aliphatic carbocycles. The molecule has 4 heterocycles. The molecule has 3 unspecified atom stereocenters. The molecule has 2 aromatic heterocycles. The molecule has 1 amide bonds. The van der Waals surface area contributed by atoms with Gasteiger partial charge in [0.15, 0.2) is 11.2 Å². The number of esters is 1. The third kappa shape index (κ3) is 4.90. The van der Waals surface area contributed by atoms with Gasteiger partial charge in [-0.15, -0.1) is 0 Å². The van der Waals surface area contributed by atoms with Gasteiger partial charge in [0, 0.05) is 61.1 Å². The molecule has 2 N–H and O–H groups in total. The number of benzene rings is 1. The molecule has 224 valence electrons. The molecule has 6 rings (SSSR count). The second-order valence-corrected chi connectivity index (χ2v) is 12.2. The van der Waals surface area contributed by atoms with E-state index in [9.17, 15) is 14.4 Å². The lowest BCUT2D eigenvalue weighted by molar-refractivity contribution is -0.182. The number of fused-ring (bicyclic) bond motifs is 2. The standard InChI is InChI=1S/C34H37N3O6/c1-5-20(3)32(40)43-33(4)11-7-8-26(25-14-29(35)36-17-24(25)13-30(38)37-18-21(6-2)19-37)34(33)16-23-12-22-9-10-31(39)41-27(22)15-28(23)42-34/h5,7-10,12,14-15,17,21,26H,6,11,13,16,18-19H2,1-4H3,(H2,35,36). The summed E-state index contributed by atoms with van der Waals surface area (Å²) in [6, 6.07) is 8.61. The molecular formula is C34H37N3O6. The van der Waals surface area contributed by atoms with Crippen LogP contribution in [0.5, 0.6) is 5.75 Å². The van der Waals surface area contributed by atoms with E-state index >= 15 is 0 Å². The van der Waals surface area contributed by atoms with Gasteiger partial charge in [-0.3, -0.25) is 4.79 Å². The molecule has 0 saturated carbocycles. The molecule has 3 aliphatic rings. The van der Waals surface area contributed by atoms with Crippen molar-refractivity contribution in [2.24, 2.45) is 5.92 Å². The third-order valence-electron chi connectivity index (χ3n) is 9.46. The number of pyridine rings is 1. The average Bonchev–Trinajstić information content (AvgIpc) is 3.32. The SMILES string of the molecule is CC=C(C)C(=O)OC1(C)CC=CC(c2cc(N)ncc2CC(=O)N2CC(CC)C2)C12Cc1cc3ccc(=O)oc3cc1O2. The quantitative estimate of drug-likeness (QED) is 0.189. The van der Waals surface area contributed by atoms with Gasteiger partial charge in [-0.2, -0.15) is 0 Å². The van der Waals surface area contributed by atoms with Crippen LogP contribution in [0.4, 0.5) is 5.82 Å². The van der Waals surface area contributed by atoms with Gasteiger partial charge in [0.05, 0.1) is 6.42 Å². The van der Waals surface area contributed by atoms with Crippen LogP contribution < -0.4 is 16.1 Å². The number of allylic oxidation sites excluding steroid dienone is 1. The summed E-state index contributed by atoms with van der Waals surface area (Å²) in [6.45, 7) is 9.09. The number of nitrogens with zero attached hydrogens (tertiary/aromatic N) is 2. The Hall–Kier alpha value is -4.40. The number of nitrogen functional groups attached to an aromatic ring is 1. The van der Waals surface area contributed by atoms with Crippen LogP contribution >= 0.6 is 0 Å². The van der Waals surface area contributed by atoms with Crippen molar-refractivity contribution in [1.82, 2.24) is 9.88 Å². The molecule has 43 heavy (non-hydrogen) atoms. The van der Waals surface area contributed by atoms with E-state index in [1.54, 1.807) is 44.3 Å². The van der Waals surface area contributed by atoms with E-state index in [0.29, 0.717) is 41.5 Å². The number of hydrogen-bond donors (Lipinski definition) is 1. The molecule has 1 spiro atoms. The van der Waals surface area contributed by atoms with E-state index in [1.165, 1.54) is 6.07 Å².